The van der Waals surface area contributed by atoms with Gasteiger partial charge in [0.05, 0.1) is 16.7 Å². The number of aryl methyl sites for hydroxylation is 2. The molecule has 0 atom stereocenters. The number of fused-ring (bicyclic) bond motifs is 1. The maximum Gasteiger partial charge on any atom is 0.205 e. The van der Waals surface area contributed by atoms with Crippen molar-refractivity contribution in [2.24, 2.45) is 0 Å². The standard InChI is InChI=1S/C15H14BrN3/c1-9-6-7-11(8-12(9)16)19-13-5-3-4-10(2)14(13)18-15(19)17/h3-8H,1-2H3,(H2,17,18). The lowest BCUT2D eigenvalue weighted by molar-refractivity contribution is 1.10. The van der Waals surface area contributed by atoms with Crippen LogP contribution in [0.1, 0.15) is 11.1 Å². The zero-order chi connectivity index (χ0) is 13.6. The van der Waals surface area contributed by atoms with Crippen LogP contribution in [0.15, 0.2) is 40.9 Å². The van der Waals surface area contributed by atoms with E-state index in [0.29, 0.717) is 5.95 Å². The molecule has 0 saturated heterocycles. The minimum atomic E-state index is 0.514. The number of aromatic nitrogens is 2. The monoisotopic (exact) mass is 315 g/mol. The summed E-state index contributed by atoms with van der Waals surface area (Å²) in [6, 6.07) is 12.3. The van der Waals surface area contributed by atoms with Crippen LogP contribution in [-0.4, -0.2) is 9.55 Å². The molecule has 3 rings (SSSR count). The number of hydrogen-bond donors (Lipinski definition) is 1. The van der Waals surface area contributed by atoms with E-state index in [1.807, 2.05) is 29.7 Å². The van der Waals surface area contributed by atoms with Crippen molar-refractivity contribution in [1.82, 2.24) is 9.55 Å². The number of nitrogens with zero attached hydrogens (tertiary/aromatic N) is 2. The van der Waals surface area contributed by atoms with Crippen LogP contribution in [0, 0.1) is 13.8 Å². The first-order chi connectivity index (χ1) is 9.08. The molecule has 2 N–H and O–H groups in total. The van der Waals surface area contributed by atoms with E-state index in [1.54, 1.807) is 0 Å². The van der Waals surface area contributed by atoms with Crippen LogP contribution in [-0.2, 0) is 0 Å². The van der Waals surface area contributed by atoms with E-state index in [4.69, 9.17) is 5.73 Å². The van der Waals surface area contributed by atoms with E-state index in [2.05, 4.69) is 46.0 Å². The largest absolute Gasteiger partial charge is 0.369 e. The second-order valence-electron chi connectivity index (χ2n) is 4.68. The second kappa shape index (κ2) is 4.38. The number of anilines is 1. The number of imidazole rings is 1. The van der Waals surface area contributed by atoms with E-state index in [0.717, 1.165) is 26.8 Å². The van der Waals surface area contributed by atoms with Crippen LogP contribution in [0.2, 0.25) is 0 Å². The summed E-state index contributed by atoms with van der Waals surface area (Å²) in [6.45, 7) is 4.11. The molecule has 0 bridgehead atoms. The highest BCUT2D eigenvalue weighted by Gasteiger charge is 2.11. The Hall–Kier alpha value is -1.81. The number of para-hydroxylation sites is 1. The van der Waals surface area contributed by atoms with E-state index >= 15 is 0 Å². The fraction of sp³-hybridized carbons (Fsp3) is 0.133. The zero-order valence-electron chi connectivity index (χ0n) is 10.8. The summed E-state index contributed by atoms with van der Waals surface area (Å²) in [6.07, 6.45) is 0. The van der Waals surface area contributed by atoms with Gasteiger partial charge in [-0.05, 0) is 43.2 Å². The molecule has 0 amide bonds. The van der Waals surface area contributed by atoms with Crippen molar-refractivity contribution in [3.8, 4) is 5.69 Å². The third-order valence-electron chi connectivity index (χ3n) is 3.33. The summed E-state index contributed by atoms with van der Waals surface area (Å²) >= 11 is 3.56. The van der Waals surface area contributed by atoms with Crippen LogP contribution in [0.3, 0.4) is 0 Å². The Bertz CT molecular complexity index is 774. The molecule has 0 spiro atoms. The Morgan fingerprint density at radius 1 is 1.11 bits per heavy atom. The fourth-order valence-electron chi connectivity index (χ4n) is 2.25. The summed E-state index contributed by atoms with van der Waals surface area (Å²) in [7, 11) is 0. The molecule has 1 heterocycles. The maximum atomic E-state index is 6.08. The van der Waals surface area contributed by atoms with E-state index in [-0.39, 0.29) is 0 Å². The van der Waals surface area contributed by atoms with Crippen molar-refractivity contribution >= 4 is 32.9 Å². The third-order valence-corrected chi connectivity index (χ3v) is 4.18. The molecule has 4 heteroatoms. The smallest absolute Gasteiger partial charge is 0.205 e. The molecule has 3 nitrogen and oxygen atoms in total. The van der Waals surface area contributed by atoms with Gasteiger partial charge in [-0.3, -0.25) is 4.57 Å². The summed E-state index contributed by atoms with van der Waals surface area (Å²) < 4.78 is 3.05. The molecule has 1 aromatic heterocycles. The van der Waals surface area contributed by atoms with E-state index in [9.17, 15) is 0 Å². The third kappa shape index (κ3) is 1.92. The molecule has 0 aliphatic heterocycles. The molecule has 3 aromatic rings. The van der Waals surface area contributed by atoms with Crippen molar-refractivity contribution in [3.63, 3.8) is 0 Å². The number of benzene rings is 2. The van der Waals surface area contributed by atoms with Gasteiger partial charge in [0.1, 0.15) is 0 Å². The molecule has 2 aromatic carbocycles. The van der Waals surface area contributed by atoms with Gasteiger partial charge in [-0.25, -0.2) is 4.98 Å². The normalized spacial score (nSPS) is 11.1. The van der Waals surface area contributed by atoms with Gasteiger partial charge in [0.15, 0.2) is 0 Å². The molecule has 19 heavy (non-hydrogen) atoms. The van der Waals surface area contributed by atoms with Gasteiger partial charge in [-0.15, -0.1) is 0 Å². The molecule has 0 unspecified atom stereocenters. The van der Waals surface area contributed by atoms with E-state index < -0.39 is 0 Å². The number of halogens is 1. The summed E-state index contributed by atoms with van der Waals surface area (Å²) in [5.74, 6) is 0.514. The Balaban J connectivity index is 2.33. The Morgan fingerprint density at radius 2 is 1.89 bits per heavy atom. The highest BCUT2D eigenvalue weighted by Crippen LogP contribution is 2.27. The van der Waals surface area contributed by atoms with E-state index in [1.165, 1.54) is 5.56 Å². The Labute approximate surface area is 120 Å². The van der Waals surface area contributed by atoms with Crippen molar-refractivity contribution < 1.29 is 0 Å². The molecule has 0 radical (unpaired) electrons. The minimum Gasteiger partial charge on any atom is -0.369 e. The number of nitrogen functional groups attached to an aromatic ring is 1. The van der Waals surface area contributed by atoms with Crippen molar-refractivity contribution in [2.75, 3.05) is 5.73 Å². The molecular formula is C15H14BrN3. The van der Waals surface area contributed by atoms with Crippen molar-refractivity contribution in [1.29, 1.82) is 0 Å². The summed E-state index contributed by atoms with van der Waals surface area (Å²) in [5, 5.41) is 0. The fourth-order valence-corrected chi connectivity index (χ4v) is 2.62. The summed E-state index contributed by atoms with van der Waals surface area (Å²) in [5.41, 5.74) is 11.4. The summed E-state index contributed by atoms with van der Waals surface area (Å²) in [4.78, 5) is 4.47. The van der Waals surface area contributed by atoms with Gasteiger partial charge in [0.25, 0.3) is 0 Å². The lowest BCUT2D eigenvalue weighted by atomic mass is 10.2. The van der Waals surface area contributed by atoms with Crippen LogP contribution >= 0.6 is 15.9 Å². The van der Waals surface area contributed by atoms with Gasteiger partial charge in [0.2, 0.25) is 5.95 Å². The van der Waals surface area contributed by atoms with Crippen LogP contribution in [0.5, 0.6) is 0 Å². The maximum absolute atomic E-state index is 6.08. The number of nitrogens with two attached hydrogens (primary N) is 1. The molecular weight excluding hydrogens is 302 g/mol. The second-order valence-corrected chi connectivity index (χ2v) is 5.54. The van der Waals surface area contributed by atoms with Crippen molar-refractivity contribution in [3.05, 3.63) is 52.0 Å². The highest BCUT2D eigenvalue weighted by atomic mass is 79.9. The van der Waals surface area contributed by atoms with Gasteiger partial charge in [0, 0.05) is 4.47 Å². The van der Waals surface area contributed by atoms with Gasteiger partial charge in [-0.2, -0.15) is 0 Å². The highest BCUT2D eigenvalue weighted by molar-refractivity contribution is 9.10. The zero-order valence-corrected chi connectivity index (χ0v) is 12.4. The predicted octanol–water partition coefficient (Wildman–Crippen LogP) is 3.99. The van der Waals surface area contributed by atoms with Crippen molar-refractivity contribution in [2.45, 2.75) is 13.8 Å². The van der Waals surface area contributed by atoms with Gasteiger partial charge in [-0.1, -0.05) is 34.1 Å². The molecule has 0 fully saturated rings. The SMILES string of the molecule is Cc1ccc(-n2c(N)nc3c(C)cccc32)cc1Br. The predicted molar refractivity (Wildman–Crippen MR) is 82.7 cm³/mol. The Kier molecular flexibility index (Phi) is 2.82. The molecule has 0 aliphatic rings. The van der Waals surface area contributed by atoms with Crippen LogP contribution in [0.4, 0.5) is 5.95 Å². The molecule has 0 saturated carbocycles. The van der Waals surface area contributed by atoms with Gasteiger partial charge < -0.3 is 5.73 Å². The average Bonchev–Trinajstić information content (AvgIpc) is 2.71. The molecule has 96 valence electrons. The minimum absolute atomic E-state index is 0.514. The molecule has 0 aliphatic carbocycles. The number of rotatable bonds is 1. The quantitative estimate of drug-likeness (QED) is 0.738. The van der Waals surface area contributed by atoms with Crippen LogP contribution in [0.25, 0.3) is 16.7 Å². The average molecular weight is 316 g/mol. The first-order valence-corrected chi connectivity index (χ1v) is 6.87. The first-order valence-electron chi connectivity index (χ1n) is 6.08. The number of hydrogen-bond acceptors (Lipinski definition) is 2. The first kappa shape index (κ1) is 12.2. The topological polar surface area (TPSA) is 43.8 Å². The lowest BCUT2D eigenvalue weighted by Gasteiger charge is -2.08. The Morgan fingerprint density at radius 3 is 2.63 bits per heavy atom. The van der Waals surface area contributed by atoms with Crippen LogP contribution < -0.4 is 5.73 Å². The van der Waals surface area contributed by atoms with Gasteiger partial charge >= 0.3 is 0 Å². The lowest BCUT2D eigenvalue weighted by Crippen LogP contribution is -2.00.